The molecule has 0 fully saturated rings. The zero-order valence-corrected chi connectivity index (χ0v) is 19.1. The largest absolute Gasteiger partial charge is 0.491 e. The van der Waals surface area contributed by atoms with E-state index in [1.54, 1.807) is 0 Å². The third-order valence-corrected chi connectivity index (χ3v) is 6.53. The molecule has 1 heterocycles. The van der Waals surface area contributed by atoms with E-state index in [4.69, 9.17) is 14.2 Å². The Bertz CT molecular complexity index is 1100. The molecule has 2 aliphatic rings. The van der Waals surface area contributed by atoms with Gasteiger partial charge in [-0.2, -0.15) is 0 Å². The summed E-state index contributed by atoms with van der Waals surface area (Å²) in [4.78, 5) is 0. The fourth-order valence-electron chi connectivity index (χ4n) is 4.94. The Morgan fingerprint density at radius 3 is 2.61 bits per heavy atom. The molecule has 4 heteroatoms. The van der Waals surface area contributed by atoms with E-state index < -0.39 is 0 Å². The maximum atomic E-state index is 6.30. The predicted octanol–water partition coefficient (Wildman–Crippen LogP) is 6.51. The lowest BCUT2D eigenvalue weighted by Crippen LogP contribution is -2.29. The average molecular weight is 442 g/mol. The van der Waals surface area contributed by atoms with Crippen molar-refractivity contribution < 1.29 is 14.2 Å². The molecule has 5 rings (SSSR count). The molecule has 0 bridgehead atoms. The second-order valence-corrected chi connectivity index (χ2v) is 8.58. The molecule has 3 aromatic carbocycles. The maximum Gasteiger partial charge on any atom is 0.125 e. The zero-order valence-electron chi connectivity index (χ0n) is 19.1. The van der Waals surface area contributed by atoms with Crippen LogP contribution in [0.25, 0.3) is 0 Å². The molecule has 0 saturated heterocycles. The number of allylic oxidation sites excluding steroid dienone is 2. The monoisotopic (exact) mass is 441 g/mol. The molecule has 1 aliphatic carbocycles. The lowest BCUT2D eigenvalue weighted by Gasteiger charge is -2.38. The van der Waals surface area contributed by atoms with Gasteiger partial charge in [-0.25, -0.2) is 0 Å². The van der Waals surface area contributed by atoms with Crippen LogP contribution in [0, 0.1) is 5.92 Å². The minimum atomic E-state index is 0.189. The van der Waals surface area contributed by atoms with Crippen LogP contribution in [0.1, 0.15) is 42.0 Å². The van der Waals surface area contributed by atoms with Gasteiger partial charge in [-0.3, -0.25) is 0 Å². The average Bonchev–Trinajstić information content (AvgIpc) is 3.36. The van der Waals surface area contributed by atoms with Gasteiger partial charge in [0.05, 0.1) is 12.6 Å². The summed E-state index contributed by atoms with van der Waals surface area (Å²) in [5.41, 5.74) is 4.87. The van der Waals surface area contributed by atoms with Crippen LogP contribution >= 0.6 is 0 Å². The van der Waals surface area contributed by atoms with E-state index in [-0.39, 0.29) is 6.04 Å². The first-order valence-corrected chi connectivity index (χ1v) is 11.9. The number of rotatable bonds is 9. The molecule has 0 saturated carbocycles. The first-order chi connectivity index (χ1) is 16.3. The van der Waals surface area contributed by atoms with Gasteiger partial charge in [-0.15, -0.1) is 0 Å². The van der Waals surface area contributed by atoms with Crippen molar-refractivity contribution in [3.63, 3.8) is 0 Å². The SMILES string of the molecule is CCOCCOc1ccc2c(c1)C1C=CCC1C(c1ccccc1OCc1ccccc1)N2. The minimum Gasteiger partial charge on any atom is -0.491 e. The van der Waals surface area contributed by atoms with Gasteiger partial charge in [-0.05, 0) is 54.7 Å². The number of fused-ring (bicyclic) bond motifs is 3. The lowest BCUT2D eigenvalue weighted by molar-refractivity contribution is 0.110. The highest BCUT2D eigenvalue weighted by atomic mass is 16.5. The van der Waals surface area contributed by atoms with Crippen molar-refractivity contribution in [2.75, 3.05) is 25.1 Å². The van der Waals surface area contributed by atoms with E-state index in [2.05, 4.69) is 66.0 Å². The predicted molar refractivity (Wildman–Crippen MR) is 132 cm³/mol. The van der Waals surface area contributed by atoms with Crippen molar-refractivity contribution in [1.29, 1.82) is 0 Å². The highest BCUT2D eigenvalue weighted by Crippen LogP contribution is 2.51. The molecule has 4 nitrogen and oxygen atoms in total. The van der Waals surface area contributed by atoms with Crippen LogP contribution < -0.4 is 14.8 Å². The first kappa shape index (κ1) is 21.6. The van der Waals surface area contributed by atoms with Crippen molar-refractivity contribution >= 4 is 5.69 Å². The Balaban J connectivity index is 1.37. The topological polar surface area (TPSA) is 39.7 Å². The van der Waals surface area contributed by atoms with Gasteiger partial charge in [-0.1, -0.05) is 60.7 Å². The van der Waals surface area contributed by atoms with E-state index in [0.29, 0.717) is 38.3 Å². The van der Waals surface area contributed by atoms with Crippen molar-refractivity contribution in [3.8, 4) is 11.5 Å². The standard InChI is InChI=1S/C29H31NO3/c1-2-31-17-18-32-22-15-16-27-26(19-22)23-12-8-13-24(23)29(30-27)25-11-6-7-14-28(25)33-20-21-9-4-3-5-10-21/h3-12,14-16,19,23-24,29-30H,2,13,17-18,20H2,1H3. The summed E-state index contributed by atoms with van der Waals surface area (Å²) in [7, 11) is 0. The van der Waals surface area contributed by atoms with E-state index in [1.165, 1.54) is 22.4 Å². The minimum absolute atomic E-state index is 0.189. The van der Waals surface area contributed by atoms with Crippen molar-refractivity contribution in [2.45, 2.75) is 31.9 Å². The van der Waals surface area contributed by atoms with Crippen LogP contribution in [-0.4, -0.2) is 19.8 Å². The summed E-state index contributed by atoms with van der Waals surface area (Å²) in [6.45, 7) is 4.46. The second-order valence-electron chi connectivity index (χ2n) is 8.58. The number of anilines is 1. The summed E-state index contributed by atoms with van der Waals surface area (Å²) in [6.07, 6.45) is 5.72. The molecule has 0 amide bonds. The molecule has 3 unspecified atom stereocenters. The molecule has 3 aromatic rings. The van der Waals surface area contributed by atoms with Crippen LogP contribution in [0.4, 0.5) is 5.69 Å². The number of hydrogen-bond acceptors (Lipinski definition) is 4. The summed E-state index contributed by atoms with van der Waals surface area (Å²) < 4.78 is 17.6. The number of nitrogens with one attached hydrogen (secondary N) is 1. The van der Waals surface area contributed by atoms with Gasteiger partial charge in [0.15, 0.2) is 0 Å². The molecule has 0 radical (unpaired) electrons. The van der Waals surface area contributed by atoms with Crippen LogP contribution in [0.5, 0.6) is 11.5 Å². The fraction of sp³-hybridized carbons (Fsp3) is 0.310. The fourth-order valence-corrected chi connectivity index (χ4v) is 4.94. The zero-order chi connectivity index (χ0) is 22.5. The van der Waals surface area contributed by atoms with Crippen LogP contribution in [-0.2, 0) is 11.3 Å². The molecule has 1 N–H and O–H groups in total. The van der Waals surface area contributed by atoms with Crippen molar-refractivity contribution in [1.82, 2.24) is 0 Å². The molecule has 0 aromatic heterocycles. The van der Waals surface area contributed by atoms with Gasteiger partial charge in [0.1, 0.15) is 24.7 Å². The molecule has 0 spiro atoms. The van der Waals surface area contributed by atoms with Crippen molar-refractivity contribution in [3.05, 3.63) is 102 Å². The number of hydrogen-bond donors (Lipinski definition) is 1. The quantitative estimate of drug-likeness (QED) is 0.304. The Morgan fingerprint density at radius 2 is 1.73 bits per heavy atom. The van der Waals surface area contributed by atoms with E-state index in [1.807, 2.05) is 31.2 Å². The summed E-state index contributed by atoms with van der Waals surface area (Å²) in [5, 5.41) is 3.83. The highest BCUT2D eigenvalue weighted by Gasteiger charge is 2.39. The van der Waals surface area contributed by atoms with Gasteiger partial charge in [0.25, 0.3) is 0 Å². The Morgan fingerprint density at radius 1 is 0.879 bits per heavy atom. The van der Waals surface area contributed by atoms with Gasteiger partial charge in [0, 0.05) is 23.8 Å². The van der Waals surface area contributed by atoms with Gasteiger partial charge >= 0.3 is 0 Å². The molecule has 1 aliphatic heterocycles. The smallest absolute Gasteiger partial charge is 0.125 e. The number of benzene rings is 3. The Hall–Kier alpha value is -3.24. The molecule has 33 heavy (non-hydrogen) atoms. The van der Waals surface area contributed by atoms with Crippen LogP contribution in [0.15, 0.2) is 84.9 Å². The van der Waals surface area contributed by atoms with Gasteiger partial charge in [0.2, 0.25) is 0 Å². The summed E-state index contributed by atoms with van der Waals surface area (Å²) >= 11 is 0. The molecule has 3 atom stereocenters. The lowest BCUT2D eigenvalue weighted by atomic mass is 9.77. The third-order valence-electron chi connectivity index (χ3n) is 6.53. The molecular weight excluding hydrogens is 410 g/mol. The van der Waals surface area contributed by atoms with Crippen LogP contribution in [0.3, 0.4) is 0 Å². The summed E-state index contributed by atoms with van der Waals surface area (Å²) in [5.74, 6) is 2.66. The number of ether oxygens (including phenoxy) is 3. The van der Waals surface area contributed by atoms with E-state index >= 15 is 0 Å². The number of para-hydroxylation sites is 1. The van der Waals surface area contributed by atoms with Crippen LogP contribution in [0.2, 0.25) is 0 Å². The molecule has 170 valence electrons. The maximum absolute atomic E-state index is 6.30. The van der Waals surface area contributed by atoms with E-state index in [0.717, 1.165) is 17.9 Å². The Labute approximate surface area is 196 Å². The molecular formula is C29H31NO3. The second kappa shape index (κ2) is 10.1. The van der Waals surface area contributed by atoms with Crippen molar-refractivity contribution in [2.24, 2.45) is 5.92 Å². The summed E-state index contributed by atoms with van der Waals surface area (Å²) in [6, 6.07) is 25.3. The Kier molecular flexibility index (Phi) is 6.63. The van der Waals surface area contributed by atoms with Gasteiger partial charge < -0.3 is 19.5 Å². The normalized spacial score (nSPS) is 20.6. The third kappa shape index (κ3) is 4.76. The highest BCUT2D eigenvalue weighted by molar-refractivity contribution is 5.62. The van der Waals surface area contributed by atoms with E-state index in [9.17, 15) is 0 Å². The first-order valence-electron chi connectivity index (χ1n) is 11.9.